The summed E-state index contributed by atoms with van der Waals surface area (Å²) in [7, 11) is 3.70. The predicted octanol–water partition coefficient (Wildman–Crippen LogP) is -0.0973. The van der Waals surface area contributed by atoms with E-state index in [1.807, 2.05) is 19.0 Å². The molecule has 1 heterocycles. The normalized spacial score (nSPS) is 10.4. The fraction of sp³-hybridized carbons (Fsp3) is 0.444. The number of nitrogens with two attached hydrogens (primary N) is 1. The molecule has 0 fully saturated rings. The van der Waals surface area contributed by atoms with Crippen LogP contribution in [-0.2, 0) is 4.74 Å². The zero-order valence-corrected chi connectivity index (χ0v) is 9.21. The third-order valence-electron chi connectivity index (χ3n) is 1.77. The number of ether oxygens (including phenoxy) is 1. The van der Waals surface area contributed by atoms with Crippen molar-refractivity contribution >= 4 is 12.0 Å². The SMILES string of the molecule is CN(C)CCOC(=O)On1c(N)ccc1O. The summed E-state index contributed by atoms with van der Waals surface area (Å²) in [5.74, 6) is -0.149. The van der Waals surface area contributed by atoms with Gasteiger partial charge < -0.3 is 20.5 Å². The standard InChI is InChI=1S/C9H15N3O4/c1-11(2)5-6-15-9(14)16-12-7(10)3-4-8(12)13/h3-4,13H,5-6,10H2,1-2H3. The molecule has 0 spiro atoms. The Morgan fingerprint density at radius 1 is 1.56 bits per heavy atom. The molecule has 0 unspecified atom stereocenters. The van der Waals surface area contributed by atoms with Crippen LogP contribution in [0.25, 0.3) is 0 Å². The molecule has 3 N–H and O–H groups in total. The molecule has 7 heteroatoms. The van der Waals surface area contributed by atoms with Crippen LogP contribution in [0, 0.1) is 0 Å². The van der Waals surface area contributed by atoms with E-state index >= 15 is 0 Å². The van der Waals surface area contributed by atoms with Gasteiger partial charge in [0.15, 0.2) is 0 Å². The van der Waals surface area contributed by atoms with Gasteiger partial charge in [-0.05, 0) is 20.2 Å². The first-order valence-corrected chi connectivity index (χ1v) is 4.66. The molecule has 1 rings (SSSR count). The van der Waals surface area contributed by atoms with Crippen molar-refractivity contribution in [3.63, 3.8) is 0 Å². The number of anilines is 1. The summed E-state index contributed by atoms with van der Waals surface area (Å²) in [5, 5.41) is 9.24. The highest BCUT2D eigenvalue weighted by Gasteiger charge is 2.11. The molecule has 1 aromatic heterocycles. The lowest BCUT2D eigenvalue weighted by Crippen LogP contribution is -2.25. The second-order valence-electron chi connectivity index (χ2n) is 3.40. The lowest BCUT2D eigenvalue weighted by Gasteiger charge is -2.10. The van der Waals surface area contributed by atoms with Gasteiger partial charge in [-0.1, -0.05) is 0 Å². The molecule has 16 heavy (non-hydrogen) atoms. The van der Waals surface area contributed by atoms with Crippen LogP contribution in [0.2, 0.25) is 0 Å². The summed E-state index contributed by atoms with van der Waals surface area (Å²) in [6.07, 6.45) is -0.917. The van der Waals surface area contributed by atoms with Crippen LogP contribution >= 0.6 is 0 Å². The van der Waals surface area contributed by atoms with Gasteiger partial charge in [0, 0.05) is 12.6 Å². The largest absolute Gasteiger partial charge is 0.533 e. The van der Waals surface area contributed by atoms with Crippen molar-refractivity contribution in [3.05, 3.63) is 12.1 Å². The third-order valence-corrected chi connectivity index (χ3v) is 1.77. The van der Waals surface area contributed by atoms with Gasteiger partial charge >= 0.3 is 6.16 Å². The minimum absolute atomic E-state index is 0.113. The van der Waals surface area contributed by atoms with E-state index in [0.29, 0.717) is 6.54 Å². The van der Waals surface area contributed by atoms with Gasteiger partial charge in [0.1, 0.15) is 12.4 Å². The molecule has 0 aliphatic carbocycles. The van der Waals surface area contributed by atoms with Crippen molar-refractivity contribution in [3.8, 4) is 5.88 Å². The Labute approximate surface area is 92.9 Å². The summed E-state index contributed by atoms with van der Waals surface area (Å²) >= 11 is 0. The van der Waals surface area contributed by atoms with Gasteiger partial charge in [0.25, 0.3) is 0 Å². The van der Waals surface area contributed by atoms with E-state index in [0.717, 1.165) is 4.73 Å². The van der Waals surface area contributed by atoms with E-state index in [4.69, 9.17) is 10.5 Å². The van der Waals surface area contributed by atoms with Gasteiger partial charge in [-0.2, -0.15) is 0 Å². The molecule has 0 saturated carbocycles. The molecule has 0 aromatic carbocycles. The Bertz CT molecular complexity index is 342. The topological polar surface area (TPSA) is 90.0 Å². The number of rotatable bonds is 4. The number of aromatic hydroxyl groups is 1. The Morgan fingerprint density at radius 3 is 2.75 bits per heavy atom. The highest BCUT2D eigenvalue weighted by molar-refractivity contribution is 5.61. The minimum atomic E-state index is -0.917. The molecule has 7 nitrogen and oxygen atoms in total. The number of likely N-dealkylation sites (N-methyl/N-ethyl adjacent to an activating group) is 1. The average Bonchev–Trinajstić information content (AvgIpc) is 2.49. The summed E-state index contributed by atoms with van der Waals surface area (Å²) in [6, 6.07) is 2.71. The second-order valence-corrected chi connectivity index (χ2v) is 3.40. The number of nitrogen functional groups attached to an aromatic ring is 1. The molecule has 0 radical (unpaired) electrons. The molecule has 0 saturated heterocycles. The molecule has 0 aliphatic rings. The first-order chi connectivity index (χ1) is 7.50. The number of carbonyl (C=O) groups is 1. The number of nitrogens with zero attached hydrogens (tertiary/aromatic N) is 2. The van der Waals surface area contributed by atoms with Gasteiger partial charge in [-0.15, -0.1) is 4.73 Å². The van der Waals surface area contributed by atoms with Crippen molar-refractivity contribution in [1.82, 2.24) is 9.63 Å². The highest BCUT2D eigenvalue weighted by Crippen LogP contribution is 2.14. The number of hydrogen-bond donors (Lipinski definition) is 2. The third kappa shape index (κ3) is 3.35. The van der Waals surface area contributed by atoms with E-state index in [9.17, 15) is 9.90 Å². The smallest absolute Gasteiger partial charge is 0.492 e. The quantitative estimate of drug-likeness (QED) is 0.701. The van der Waals surface area contributed by atoms with Crippen LogP contribution in [-0.4, -0.2) is 48.1 Å². The van der Waals surface area contributed by atoms with Crippen LogP contribution in [0.1, 0.15) is 0 Å². The summed E-state index contributed by atoms with van der Waals surface area (Å²) < 4.78 is 5.54. The monoisotopic (exact) mass is 229 g/mol. The van der Waals surface area contributed by atoms with Crippen LogP contribution < -0.4 is 10.6 Å². The average molecular weight is 229 g/mol. The summed E-state index contributed by atoms with van der Waals surface area (Å²) in [6.45, 7) is 0.788. The molecule has 90 valence electrons. The van der Waals surface area contributed by atoms with E-state index in [1.54, 1.807) is 0 Å². The van der Waals surface area contributed by atoms with E-state index in [-0.39, 0.29) is 18.3 Å². The van der Waals surface area contributed by atoms with Crippen LogP contribution in [0.3, 0.4) is 0 Å². The van der Waals surface area contributed by atoms with Gasteiger partial charge in [-0.3, -0.25) is 4.84 Å². The molecule has 0 bridgehead atoms. The fourth-order valence-corrected chi connectivity index (χ4v) is 0.939. The molecular weight excluding hydrogens is 214 g/mol. The fourth-order valence-electron chi connectivity index (χ4n) is 0.939. The Kier molecular flexibility index (Phi) is 4.01. The number of hydrogen-bond acceptors (Lipinski definition) is 6. The number of carbonyl (C=O) groups excluding carboxylic acids is 1. The Balaban J connectivity index is 2.40. The highest BCUT2D eigenvalue weighted by atomic mass is 16.8. The Morgan fingerprint density at radius 2 is 2.25 bits per heavy atom. The molecule has 0 aliphatic heterocycles. The molecular formula is C9H15N3O4. The number of aromatic nitrogens is 1. The maximum atomic E-state index is 11.1. The van der Waals surface area contributed by atoms with Crippen LogP contribution in [0.5, 0.6) is 5.88 Å². The van der Waals surface area contributed by atoms with Crippen molar-refractivity contribution in [2.24, 2.45) is 0 Å². The maximum absolute atomic E-state index is 11.1. The van der Waals surface area contributed by atoms with Crippen molar-refractivity contribution < 1.29 is 19.5 Å². The first-order valence-electron chi connectivity index (χ1n) is 4.66. The van der Waals surface area contributed by atoms with Gasteiger partial charge in [-0.25, -0.2) is 4.79 Å². The van der Waals surface area contributed by atoms with Crippen LogP contribution in [0.4, 0.5) is 10.6 Å². The Hall–Kier alpha value is -1.89. The van der Waals surface area contributed by atoms with Crippen molar-refractivity contribution in [1.29, 1.82) is 0 Å². The van der Waals surface area contributed by atoms with Crippen molar-refractivity contribution in [2.75, 3.05) is 33.0 Å². The first kappa shape index (κ1) is 12.2. The summed E-state index contributed by atoms with van der Waals surface area (Å²) in [4.78, 5) is 17.7. The zero-order chi connectivity index (χ0) is 12.1. The van der Waals surface area contributed by atoms with Crippen molar-refractivity contribution in [2.45, 2.75) is 0 Å². The second kappa shape index (κ2) is 5.26. The summed E-state index contributed by atoms with van der Waals surface area (Å²) in [5.41, 5.74) is 5.43. The lowest BCUT2D eigenvalue weighted by atomic mass is 10.6. The molecule has 1 aromatic rings. The van der Waals surface area contributed by atoms with E-state index in [1.165, 1.54) is 12.1 Å². The minimum Gasteiger partial charge on any atom is -0.492 e. The molecule has 0 atom stereocenters. The van der Waals surface area contributed by atoms with E-state index in [2.05, 4.69) is 4.84 Å². The zero-order valence-electron chi connectivity index (χ0n) is 9.21. The van der Waals surface area contributed by atoms with Gasteiger partial charge in [0.2, 0.25) is 5.88 Å². The van der Waals surface area contributed by atoms with Gasteiger partial charge in [0.05, 0.1) is 0 Å². The van der Waals surface area contributed by atoms with E-state index < -0.39 is 6.16 Å². The maximum Gasteiger partial charge on any atom is 0.533 e. The lowest BCUT2D eigenvalue weighted by molar-refractivity contribution is 0.0406. The predicted molar refractivity (Wildman–Crippen MR) is 57.0 cm³/mol. The molecule has 0 amide bonds. The van der Waals surface area contributed by atoms with Crippen LogP contribution in [0.15, 0.2) is 12.1 Å².